The van der Waals surface area contributed by atoms with Crippen LogP contribution in [0.25, 0.3) is 0 Å². The van der Waals surface area contributed by atoms with Crippen molar-refractivity contribution in [2.45, 2.75) is 64.8 Å². The standard InChI is InChI=1S/C14H27BN2/c1-4-6-11-15(12-7-5-2)17-14(3)10-8-9-13-16-14/h8-10,13,16-17H,4-7,11-12H2,1-3H3. The number of rotatable bonds is 8. The third-order valence-corrected chi connectivity index (χ3v) is 3.34. The van der Waals surface area contributed by atoms with Crippen molar-refractivity contribution in [3.63, 3.8) is 0 Å². The van der Waals surface area contributed by atoms with Crippen molar-refractivity contribution in [2.75, 3.05) is 0 Å². The molecule has 0 aromatic heterocycles. The lowest BCUT2D eigenvalue weighted by Gasteiger charge is -2.33. The summed E-state index contributed by atoms with van der Waals surface area (Å²) in [7, 11) is 0. The fraction of sp³-hybridized carbons (Fsp3) is 0.714. The quantitative estimate of drug-likeness (QED) is 0.627. The Morgan fingerprint density at radius 3 is 2.24 bits per heavy atom. The highest BCUT2D eigenvalue weighted by Gasteiger charge is 2.25. The van der Waals surface area contributed by atoms with Crippen LogP contribution in [-0.2, 0) is 0 Å². The first kappa shape index (κ1) is 14.4. The van der Waals surface area contributed by atoms with Gasteiger partial charge in [0.25, 0.3) is 0 Å². The summed E-state index contributed by atoms with van der Waals surface area (Å²) in [5, 5.41) is 7.15. The van der Waals surface area contributed by atoms with Crippen molar-refractivity contribution in [1.82, 2.24) is 10.5 Å². The molecule has 1 rings (SSSR count). The number of allylic oxidation sites excluding steroid dienone is 2. The van der Waals surface area contributed by atoms with E-state index in [1.54, 1.807) is 0 Å². The topological polar surface area (TPSA) is 24.1 Å². The van der Waals surface area contributed by atoms with E-state index in [1.807, 2.05) is 12.3 Å². The smallest absolute Gasteiger partial charge is 0.222 e. The molecule has 0 aliphatic carbocycles. The maximum atomic E-state index is 3.75. The molecule has 0 bridgehead atoms. The first-order valence-corrected chi connectivity index (χ1v) is 7.10. The molecule has 0 aromatic carbocycles. The summed E-state index contributed by atoms with van der Waals surface area (Å²) in [4.78, 5) is 0. The highest BCUT2D eigenvalue weighted by atomic mass is 15.1. The van der Waals surface area contributed by atoms with Gasteiger partial charge in [0.15, 0.2) is 0 Å². The molecule has 0 saturated heterocycles. The monoisotopic (exact) mass is 234 g/mol. The largest absolute Gasteiger partial charge is 0.371 e. The first-order chi connectivity index (χ1) is 8.20. The van der Waals surface area contributed by atoms with E-state index in [1.165, 1.54) is 38.3 Å². The summed E-state index contributed by atoms with van der Waals surface area (Å²) in [5.74, 6) is 0. The van der Waals surface area contributed by atoms with E-state index in [4.69, 9.17) is 0 Å². The van der Waals surface area contributed by atoms with Gasteiger partial charge in [0, 0.05) is 0 Å². The molecular formula is C14H27BN2. The van der Waals surface area contributed by atoms with Crippen LogP contribution in [0.1, 0.15) is 46.5 Å². The lowest BCUT2D eigenvalue weighted by molar-refractivity contribution is 0.463. The van der Waals surface area contributed by atoms with E-state index >= 15 is 0 Å². The highest BCUT2D eigenvalue weighted by Crippen LogP contribution is 2.13. The maximum absolute atomic E-state index is 3.75. The van der Waals surface area contributed by atoms with Crippen LogP contribution in [-0.4, -0.2) is 12.5 Å². The molecule has 1 aliphatic rings. The minimum Gasteiger partial charge on any atom is -0.371 e. The Labute approximate surface area is 107 Å². The molecule has 2 N–H and O–H groups in total. The average molecular weight is 234 g/mol. The normalized spacial score (nSPS) is 22.5. The summed E-state index contributed by atoms with van der Waals surface area (Å²) in [6.45, 7) is 7.36. The average Bonchev–Trinajstić information content (AvgIpc) is 2.33. The maximum Gasteiger partial charge on any atom is 0.222 e. The number of hydrogen-bond donors (Lipinski definition) is 2. The SMILES string of the molecule is CCCCB(CCCC)NC1(C)C=CC=CN1. The zero-order valence-electron chi connectivity index (χ0n) is 11.6. The molecule has 0 aromatic rings. The van der Waals surface area contributed by atoms with Gasteiger partial charge in [-0.25, -0.2) is 0 Å². The van der Waals surface area contributed by atoms with Gasteiger partial charge in [-0.15, -0.1) is 0 Å². The minimum absolute atomic E-state index is 0.0686. The summed E-state index contributed by atoms with van der Waals surface area (Å²) >= 11 is 0. The third-order valence-electron chi connectivity index (χ3n) is 3.34. The van der Waals surface area contributed by atoms with Crippen LogP contribution < -0.4 is 10.5 Å². The minimum atomic E-state index is -0.0686. The van der Waals surface area contributed by atoms with E-state index in [9.17, 15) is 0 Å². The predicted molar refractivity (Wildman–Crippen MR) is 78.1 cm³/mol. The van der Waals surface area contributed by atoms with Gasteiger partial charge in [0.2, 0.25) is 6.85 Å². The van der Waals surface area contributed by atoms with Crippen molar-refractivity contribution in [3.05, 3.63) is 24.4 Å². The molecule has 1 unspecified atom stereocenters. The molecule has 0 saturated carbocycles. The van der Waals surface area contributed by atoms with E-state index in [2.05, 4.69) is 43.5 Å². The van der Waals surface area contributed by atoms with Gasteiger partial charge in [0.05, 0.1) is 5.66 Å². The predicted octanol–water partition coefficient (Wildman–Crippen LogP) is 3.56. The Kier molecular flexibility index (Phi) is 6.42. The van der Waals surface area contributed by atoms with Gasteiger partial charge in [-0.1, -0.05) is 58.2 Å². The van der Waals surface area contributed by atoms with Crippen LogP contribution in [0.2, 0.25) is 12.6 Å². The summed E-state index contributed by atoms with van der Waals surface area (Å²) < 4.78 is 0. The van der Waals surface area contributed by atoms with Crippen LogP contribution in [0.5, 0.6) is 0 Å². The van der Waals surface area contributed by atoms with Gasteiger partial charge in [-0.05, 0) is 25.3 Å². The fourth-order valence-electron chi connectivity index (χ4n) is 2.28. The van der Waals surface area contributed by atoms with E-state index in [0.717, 1.165) is 0 Å². The number of nitrogens with one attached hydrogen (secondary N) is 2. The van der Waals surface area contributed by atoms with Crippen molar-refractivity contribution in [3.8, 4) is 0 Å². The number of dihydropyridines is 1. The molecular weight excluding hydrogens is 207 g/mol. The lowest BCUT2D eigenvalue weighted by atomic mass is 9.53. The first-order valence-electron chi connectivity index (χ1n) is 7.10. The molecule has 17 heavy (non-hydrogen) atoms. The molecule has 0 fully saturated rings. The van der Waals surface area contributed by atoms with Gasteiger partial charge < -0.3 is 10.5 Å². The molecule has 0 radical (unpaired) electrons. The molecule has 2 nitrogen and oxygen atoms in total. The zero-order chi connectivity index (χ0) is 12.6. The van der Waals surface area contributed by atoms with Gasteiger partial charge >= 0.3 is 0 Å². The number of hydrogen-bond acceptors (Lipinski definition) is 2. The fourth-order valence-corrected chi connectivity index (χ4v) is 2.28. The van der Waals surface area contributed by atoms with E-state index in [-0.39, 0.29) is 5.66 Å². The van der Waals surface area contributed by atoms with Crippen LogP contribution in [0.4, 0.5) is 0 Å². The summed E-state index contributed by atoms with van der Waals surface area (Å²) in [5.41, 5.74) is -0.0686. The van der Waals surface area contributed by atoms with Gasteiger partial charge in [-0.3, -0.25) is 0 Å². The van der Waals surface area contributed by atoms with E-state index < -0.39 is 0 Å². The second-order valence-corrected chi connectivity index (χ2v) is 5.19. The molecule has 3 heteroatoms. The summed E-state index contributed by atoms with van der Waals surface area (Å²) in [6.07, 6.45) is 16.1. The van der Waals surface area contributed by atoms with Gasteiger partial charge in [-0.2, -0.15) is 0 Å². The molecule has 1 atom stereocenters. The molecule has 96 valence electrons. The highest BCUT2D eigenvalue weighted by molar-refractivity contribution is 6.56. The second-order valence-electron chi connectivity index (χ2n) is 5.19. The van der Waals surface area contributed by atoms with Crippen LogP contribution >= 0.6 is 0 Å². The zero-order valence-corrected chi connectivity index (χ0v) is 11.6. The summed E-state index contributed by atoms with van der Waals surface area (Å²) in [6, 6.07) is 0. The Bertz CT molecular complexity index is 255. The number of unbranched alkanes of at least 4 members (excludes halogenated alkanes) is 2. The van der Waals surface area contributed by atoms with Crippen LogP contribution in [0.15, 0.2) is 24.4 Å². The third kappa shape index (κ3) is 5.45. The Morgan fingerprint density at radius 2 is 1.76 bits per heavy atom. The lowest BCUT2D eigenvalue weighted by Crippen LogP contribution is -2.57. The van der Waals surface area contributed by atoms with Gasteiger partial charge in [0.1, 0.15) is 0 Å². The Morgan fingerprint density at radius 1 is 1.12 bits per heavy atom. The molecule has 1 aliphatic heterocycles. The second kappa shape index (κ2) is 7.60. The van der Waals surface area contributed by atoms with E-state index in [0.29, 0.717) is 6.85 Å². The molecule has 1 heterocycles. The Hall–Kier alpha value is -0.695. The molecule has 0 amide bonds. The van der Waals surface area contributed by atoms with Crippen molar-refractivity contribution in [1.29, 1.82) is 0 Å². The van der Waals surface area contributed by atoms with Crippen molar-refractivity contribution < 1.29 is 0 Å². The van der Waals surface area contributed by atoms with Crippen LogP contribution in [0.3, 0.4) is 0 Å². The van der Waals surface area contributed by atoms with Crippen LogP contribution in [0, 0.1) is 0 Å². The van der Waals surface area contributed by atoms with Crippen molar-refractivity contribution in [2.24, 2.45) is 0 Å². The Balaban J connectivity index is 2.45. The van der Waals surface area contributed by atoms with Crippen molar-refractivity contribution >= 4 is 6.85 Å². The molecule has 0 spiro atoms.